The van der Waals surface area contributed by atoms with E-state index in [1.807, 2.05) is 0 Å². The molecule has 0 spiro atoms. The zero-order valence-corrected chi connectivity index (χ0v) is 7.51. The maximum atomic E-state index is 9.80. The molecule has 72 valence electrons. The van der Waals surface area contributed by atoms with Crippen molar-refractivity contribution in [2.75, 3.05) is 0 Å². The first kappa shape index (κ1) is 8.84. The van der Waals surface area contributed by atoms with Crippen molar-refractivity contribution in [3.8, 4) is 0 Å². The van der Waals surface area contributed by atoms with Crippen LogP contribution >= 0.6 is 0 Å². The van der Waals surface area contributed by atoms with Crippen LogP contribution in [0, 0.1) is 0 Å². The second-order valence-electron chi connectivity index (χ2n) is 2.92. The van der Waals surface area contributed by atoms with Crippen molar-refractivity contribution < 1.29 is 13.9 Å². The first-order valence-electron chi connectivity index (χ1n) is 4.23. The summed E-state index contributed by atoms with van der Waals surface area (Å²) in [6, 6.07) is 6.90. The van der Waals surface area contributed by atoms with Crippen LogP contribution in [0.25, 0.3) is 5.57 Å². The van der Waals surface area contributed by atoms with E-state index < -0.39 is 6.10 Å². The number of rotatable bonds is 3. The fourth-order valence-electron chi connectivity index (χ4n) is 1.21. The second-order valence-corrected chi connectivity index (χ2v) is 2.92. The van der Waals surface area contributed by atoms with Crippen LogP contribution in [0.3, 0.4) is 0 Å². The van der Waals surface area contributed by atoms with Gasteiger partial charge in [0.1, 0.15) is 17.6 Å². The largest absolute Gasteiger partial charge is 0.466 e. The smallest absolute Gasteiger partial charge is 0.140 e. The van der Waals surface area contributed by atoms with Gasteiger partial charge in [-0.15, -0.1) is 0 Å². The summed E-state index contributed by atoms with van der Waals surface area (Å²) in [6.07, 6.45) is 2.19. The van der Waals surface area contributed by atoms with Gasteiger partial charge in [0.15, 0.2) is 0 Å². The fraction of sp³-hybridized carbons (Fsp3) is 0.0909. The fourth-order valence-corrected chi connectivity index (χ4v) is 1.21. The Kier molecular flexibility index (Phi) is 2.24. The van der Waals surface area contributed by atoms with Crippen LogP contribution in [0.15, 0.2) is 52.2 Å². The van der Waals surface area contributed by atoms with Crippen molar-refractivity contribution in [3.63, 3.8) is 0 Å². The normalized spacial score (nSPS) is 12.6. The highest BCUT2D eigenvalue weighted by molar-refractivity contribution is 5.63. The molecule has 2 aromatic rings. The van der Waals surface area contributed by atoms with Gasteiger partial charge in [-0.25, -0.2) is 0 Å². The summed E-state index contributed by atoms with van der Waals surface area (Å²) in [7, 11) is 0. The quantitative estimate of drug-likeness (QED) is 0.809. The predicted molar refractivity (Wildman–Crippen MR) is 51.4 cm³/mol. The highest BCUT2D eigenvalue weighted by Gasteiger charge is 2.17. The maximum absolute atomic E-state index is 9.80. The Hall–Kier alpha value is -1.74. The highest BCUT2D eigenvalue weighted by Crippen LogP contribution is 2.28. The molecule has 0 aromatic carbocycles. The van der Waals surface area contributed by atoms with Gasteiger partial charge in [-0.3, -0.25) is 0 Å². The number of aliphatic hydroxyl groups is 1. The van der Waals surface area contributed by atoms with E-state index in [0.29, 0.717) is 17.1 Å². The Morgan fingerprint density at radius 1 is 1.21 bits per heavy atom. The van der Waals surface area contributed by atoms with Crippen LogP contribution < -0.4 is 0 Å². The molecule has 2 rings (SSSR count). The first-order valence-corrected chi connectivity index (χ1v) is 4.23. The van der Waals surface area contributed by atoms with Crippen LogP contribution in [0.5, 0.6) is 0 Å². The van der Waals surface area contributed by atoms with Crippen LogP contribution in [0.1, 0.15) is 17.6 Å². The van der Waals surface area contributed by atoms with E-state index in [1.165, 1.54) is 12.5 Å². The molecular weight excluding hydrogens is 180 g/mol. The van der Waals surface area contributed by atoms with Crippen molar-refractivity contribution in [2.24, 2.45) is 0 Å². The molecule has 1 N–H and O–H groups in total. The van der Waals surface area contributed by atoms with Gasteiger partial charge in [0.25, 0.3) is 0 Å². The Balaban J connectivity index is 2.21. The second kappa shape index (κ2) is 3.55. The Morgan fingerprint density at radius 2 is 1.93 bits per heavy atom. The Labute approximate surface area is 81.3 Å². The van der Waals surface area contributed by atoms with Crippen molar-refractivity contribution in [1.82, 2.24) is 0 Å². The molecule has 1 atom stereocenters. The van der Waals surface area contributed by atoms with Gasteiger partial charge in [0, 0.05) is 5.57 Å². The molecular formula is C11H10O3. The summed E-state index contributed by atoms with van der Waals surface area (Å²) in [4.78, 5) is 0. The Bertz CT molecular complexity index is 398. The summed E-state index contributed by atoms with van der Waals surface area (Å²) in [5, 5.41) is 9.80. The molecule has 0 aliphatic carbocycles. The van der Waals surface area contributed by atoms with Gasteiger partial charge in [0.05, 0.1) is 12.5 Å². The number of furan rings is 2. The average Bonchev–Trinajstić information content (AvgIpc) is 2.87. The molecule has 2 heterocycles. The van der Waals surface area contributed by atoms with Gasteiger partial charge in [-0.05, 0) is 24.3 Å². The SMILES string of the molecule is C=C(c1ccco1)C(O)c1ccco1. The van der Waals surface area contributed by atoms with Crippen LogP contribution in [-0.4, -0.2) is 5.11 Å². The summed E-state index contributed by atoms with van der Waals surface area (Å²) >= 11 is 0. The van der Waals surface area contributed by atoms with Crippen molar-refractivity contribution in [2.45, 2.75) is 6.10 Å². The molecule has 0 saturated heterocycles. The third kappa shape index (κ3) is 1.49. The van der Waals surface area contributed by atoms with Crippen LogP contribution in [0.4, 0.5) is 0 Å². The molecule has 2 aromatic heterocycles. The monoisotopic (exact) mass is 190 g/mol. The van der Waals surface area contributed by atoms with Gasteiger partial charge < -0.3 is 13.9 Å². The first-order chi connectivity index (χ1) is 6.79. The minimum absolute atomic E-state index is 0.464. The standard InChI is InChI=1S/C11H10O3/c1-8(9-4-2-6-13-9)11(12)10-5-3-7-14-10/h2-7,11-12H,1H2. The van der Waals surface area contributed by atoms with Gasteiger partial charge in [-0.1, -0.05) is 6.58 Å². The average molecular weight is 190 g/mol. The summed E-state index contributed by atoms with van der Waals surface area (Å²) < 4.78 is 10.2. The summed E-state index contributed by atoms with van der Waals surface area (Å²) in [5.74, 6) is 1.03. The van der Waals surface area contributed by atoms with E-state index in [1.54, 1.807) is 24.3 Å². The number of hydrogen-bond acceptors (Lipinski definition) is 3. The molecule has 0 radical (unpaired) electrons. The molecule has 1 unspecified atom stereocenters. The zero-order chi connectivity index (χ0) is 9.97. The third-order valence-corrected chi connectivity index (χ3v) is 1.98. The third-order valence-electron chi connectivity index (χ3n) is 1.98. The highest BCUT2D eigenvalue weighted by atomic mass is 16.4. The van der Waals surface area contributed by atoms with E-state index in [4.69, 9.17) is 8.83 Å². The van der Waals surface area contributed by atoms with E-state index in [9.17, 15) is 5.11 Å². The van der Waals surface area contributed by atoms with Crippen molar-refractivity contribution in [3.05, 3.63) is 54.9 Å². The lowest BCUT2D eigenvalue weighted by Gasteiger charge is -2.08. The van der Waals surface area contributed by atoms with E-state index in [2.05, 4.69) is 6.58 Å². The maximum Gasteiger partial charge on any atom is 0.140 e. The molecule has 0 saturated carbocycles. The minimum atomic E-state index is -0.851. The lowest BCUT2D eigenvalue weighted by molar-refractivity contribution is 0.204. The molecule has 14 heavy (non-hydrogen) atoms. The molecule has 0 amide bonds. The Morgan fingerprint density at radius 3 is 2.50 bits per heavy atom. The van der Waals surface area contributed by atoms with Gasteiger partial charge in [0.2, 0.25) is 0 Å². The predicted octanol–water partition coefficient (Wildman–Crippen LogP) is 2.62. The molecule has 0 bridgehead atoms. The van der Waals surface area contributed by atoms with E-state index in [-0.39, 0.29) is 0 Å². The lowest BCUT2D eigenvalue weighted by atomic mass is 10.1. The molecule has 0 aliphatic heterocycles. The van der Waals surface area contributed by atoms with E-state index >= 15 is 0 Å². The van der Waals surface area contributed by atoms with E-state index in [0.717, 1.165) is 0 Å². The van der Waals surface area contributed by atoms with Gasteiger partial charge in [-0.2, -0.15) is 0 Å². The molecule has 3 heteroatoms. The lowest BCUT2D eigenvalue weighted by Crippen LogP contribution is -1.97. The molecule has 0 fully saturated rings. The van der Waals surface area contributed by atoms with Crippen LogP contribution in [0.2, 0.25) is 0 Å². The molecule has 0 aliphatic rings. The zero-order valence-electron chi connectivity index (χ0n) is 7.51. The number of aliphatic hydroxyl groups excluding tert-OH is 1. The number of hydrogen-bond donors (Lipinski definition) is 1. The van der Waals surface area contributed by atoms with Crippen LogP contribution in [-0.2, 0) is 0 Å². The summed E-state index contributed by atoms with van der Waals surface area (Å²) in [6.45, 7) is 3.75. The summed E-state index contributed by atoms with van der Waals surface area (Å²) in [5.41, 5.74) is 0.491. The minimum Gasteiger partial charge on any atom is -0.466 e. The van der Waals surface area contributed by atoms with Crippen molar-refractivity contribution in [1.29, 1.82) is 0 Å². The van der Waals surface area contributed by atoms with Crippen molar-refractivity contribution >= 4 is 5.57 Å². The topological polar surface area (TPSA) is 46.5 Å². The molecule has 3 nitrogen and oxygen atoms in total. The van der Waals surface area contributed by atoms with Gasteiger partial charge >= 0.3 is 0 Å².